The summed E-state index contributed by atoms with van der Waals surface area (Å²) in [6.07, 6.45) is -4.76. The van der Waals surface area contributed by atoms with Crippen molar-refractivity contribution in [2.45, 2.75) is 24.1 Å². The summed E-state index contributed by atoms with van der Waals surface area (Å²) >= 11 is 0. The molecular formula is C6H13O9P. The Labute approximate surface area is 90.1 Å². The highest BCUT2D eigenvalue weighted by Gasteiger charge is 2.53. The molecule has 6 N–H and O–H groups in total. The zero-order valence-electron chi connectivity index (χ0n) is 8.00. The Bertz CT molecular complexity index is 290. The lowest BCUT2D eigenvalue weighted by Gasteiger charge is -2.22. The van der Waals surface area contributed by atoms with E-state index in [1.54, 1.807) is 0 Å². The quantitative estimate of drug-likeness (QED) is 0.288. The molecule has 9 nitrogen and oxygen atoms in total. The minimum absolute atomic E-state index is 0.731. The predicted octanol–water partition coefficient (Wildman–Crippen LogP) is -3.10. The number of aliphatic hydroxyl groups excluding tert-OH is 3. The van der Waals surface area contributed by atoms with E-state index < -0.39 is 45.1 Å². The number of hydrogen-bond donors (Lipinski definition) is 6. The summed E-state index contributed by atoms with van der Waals surface area (Å²) in [5.41, 5.74) is 0. The Balaban J connectivity index is 2.61. The van der Waals surface area contributed by atoms with Crippen LogP contribution in [-0.4, -0.2) is 67.5 Å². The molecule has 1 saturated heterocycles. The van der Waals surface area contributed by atoms with Crippen LogP contribution in [0.2, 0.25) is 0 Å². The van der Waals surface area contributed by atoms with Gasteiger partial charge in [-0.15, -0.1) is 0 Å². The zero-order chi connectivity index (χ0) is 12.6. The number of rotatable bonds is 4. The standard InChI is InChI=1S/C6H13O9P/c7-2-6(10)5(9)4(8)3(15-6)1-14-16(11,12)13/h3-5,7-10H,1-2H2,(H2,11,12,13)/t3-,4+,5+,6+/m1/s1. The summed E-state index contributed by atoms with van der Waals surface area (Å²) in [6.45, 7) is -1.71. The van der Waals surface area contributed by atoms with Crippen LogP contribution in [0.4, 0.5) is 0 Å². The van der Waals surface area contributed by atoms with Crippen molar-refractivity contribution in [3.05, 3.63) is 0 Å². The molecule has 0 spiro atoms. The third kappa shape index (κ3) is 2.98. The van der Waals surface area contributed by atoms with Gasteiger partial charge in [-0.2, -0.15) is 0 Å². The van der Waals surface area contributed by atoms with E-state index in [1.807, 2.05) is 0 Å². The molecule has 1 fully saturated rings. The second kappa shape index (κ2) is 4.65. The first kappa shape index (κ1) is 14.0. The minimum atomic E-state index is -4.73. The molecule has 0 unspecified atom stereocenters. The Morgan fingerprint density at radius 3 is 2.31 bits per heavy atom. The Kier molecular flexibility index (Phi) is 4.06. The molecule has 0 amide bonds. The fraction of sp³-hybridized carbons (Fsp3) is 1.00. The molecule has 0 bridgehead atoms. The smallest absolute Gasteiger partial charge is 0.391 e. The van der Waals surface area contributed by atoms with E-state index in [-0.39, 0.29) is 0 Å². The summed E-state index contributed by atoms with van der Waals surface area (Å²) in [5, 5.41) is 36.7. The fourth-order valence-corrected chi connectivity index (χ4v) is 1.65. The van der Waals surface area contributed by atoms with Gasteiger partial charge in [-0.05, 0) is 0 Å². The normalized spacial score (nSPS) is 40.2. The molecule has 0 radical (unpaired) electrons. The Morgan fingerprint density at radius 1 is 1.38 bits per heavy atom. The lowest BCUT2D eigenvalue weighted by molar-refractivity contribution is -0.247. The first-order valence-electron chi connectivity index (χ1n) is 4.27. The van der Waals surface area contributed by atoms with Crippen molar-refractivity contribution in [3.8, 4) is 0 Å². The molecule has 16 heavy (non-hydrogen) atoms. The van der Waals surface area contributed by atoms with Crippen LogP contribution in [0.1, 0.15) is 0 Å². The number of aliphatic hydroxyl groups is 4. The van der Waals surface area contributed by atoms with Crippen molar-refractivity contribution in [3.63, 3.8) is 0 Å². The van der Waals surface area contributed by atoms with Crippen molar-refractivity contribution in [2.75, 3.05) is 13.2 Å². The lowest BCUT2D eigenvalue weighted by Crippen LogP contribution is -2.46. The van der Waals surface area contributed by atoms with Crippen molar-refractivity contribution in [2.24, 2.45) is 0 Å². The van der Waals surface area contributed by atoms with Gasteiger partial charge in [0, 0.05) is 0 Å². The van der Waals surface area contributed by atoms with Gasteiger partial charge in [-0.1, -0.05) is 0 Å². The maximum Gasteiger partial charge on any atom is 0.469 e. The topological polar surface area (TPSA) is 157 Å². The maximum absolute atomic E-state index is 10.4. The second-order valence-corrected chi connectivity index (χ2v) is 4.62. The number of hydrogen-bond acceptors (Lipinski definition) is 7. The Hall–Kier alpha value is -0.0900. The fourth-order valence-electron chi connectivity index (χ4n) is 1.31. The van der Waals surface area contributed by atoms with E-state index in [1.165, 1.54) is 0 Å². The third-order valence-corrected chi connectivity index (χ3v) is 2.64. The van der Waals surface area contributed by atoms with Crippen LogP contribution in [0.5, 0.6) is 0 Å². The van der Waals surface area contributed by atoms with Gasteiger partial charge in [0.15, 0.2) is 0 Å². The van der Waals surface area contributed by atoms with Gasteiger partial charge < -0.3 is 34.9 Å². The molecule has 0 saturated carbocycles. The molecule has 1 aliphatic rings. The zero-order valence-corrected chi connectivity index (χ0v) is 8.90. The van der Waals surface area contributed by atoms with E-state index in [4.69, 9.17) is 14.9 Å². The third-order valence-electron chi connectivity index (χ3n) is 2.16. The van der Waals surface area contributed by atoms with Crippen LogP contribution < -0.4 is 0 Å². The van der Waals surface area contributed by atoms with Gasteiger partial charge in [0.25, 0.3) is 0 Å². The predicted molar refractivity (Wildman–Crippen MR) is 46.9 cm³/mol. The monoisotopic (exact) mass is 260 g/mol. The molecule has 96 valence electrons. The van der Waals surface area contributed by atoms with Gasteiger partial charge in [0.1, 0.15) is 18.3 Å². The average molecular weight is 260 g/mol. The van der Waals surface area contributed by atoms with Gasteiger partial charge >= 0.3 is 7.82 Å². The van der Waals surface area contributed by atoms with Gasteiger partial charge in [0.05, 0.1) is 13.2 Å². The molecule has 10 heteroatoms. The van der Waals surface area contributed by atoms with Gasteiger partial charge in [0.2, 0.25) is 5.79 Å². The first-order valence-corrected chi connectivity index (χ1v) is 5.80. The molecule has 0 aromatic heterocycles. The molecule has 1 heterocycles. The molecule has 1 aliphatic heterocycles. The van der Waals surface area contributed by atoms with E-state index >= 15 is 0 Å². The van der Waals surface area contributed by atoms with Crippen molar-refractivity contribution < 1.29 is 44.0 Å². The van der Waals surface area contributed by atoms with Crippen LogP contribution in [0, 0.1) is 0 Å². The molecule has 0 aromatic rings. The van der Waals surface area contributed by atoms with E-state index in [0.29, 0.717) is 0 Å². The average Bonchev–Trinajstić information content (AvgIpc) is 2.40. The van der Waals surface area contributed by atoms with E-state index in [2.05, 4.69) is 9.26 Å². The maximum atomic E-state index is 10.4. The highest BCUT2D eigenvalue weighted by molar-refractivity contribution is 7.46. The van der Waals surface area contributed by atoms with E-state index in [9.17, 15) is 19.9 Å². The van der Waals surface area contributed by atoms with Gasteiger partial charge in [-0.3, -0.25) is 4.52 Å². The SMILES string of the molecule is O=P(O)(O)OC[C@H]1O[C@@](O)(CO)[C@@H](O)[C@H]1O. The molecule has 0 aromatic carbocycles. The summed E-state index contributed by atoms with van der Waals surface area (Å²) < 4.78 is 19.1. The Morgan fingerprint density at radius 2 is 1.94 bits per heavy atom. The number of phosphoric ester groups is 1. The van der Waals surface area contributed by atoms with Crippen molar-refractivity contribution >= 4 is 7.82 Å². The summed E-state index contributed by atoms with van der Waals surface area (Å²) in [5.74, 6) is -2.36. The van der Waals surface area contributed by atoms with Crippen LogP contribution in [0.3, 0.4) is 0 Å². The summed E-state index contributed by atoms with van der Waals surface area (Å²) in [7, 11) is -4.73. The minimum Gasteiger partial charge on any atom is -0.391 e. The van der Waals surface area contributed by atoms with Crippen LogP contribution >= 0.6 is 7.82 Å². The van der Waals surface area contributed by atoms with Gasteiger partial charge in [-0.25, -0.2) is 4.57 Å². The summed E-state index contributed by atoms with van der Waals surface area (Å²) in [6, 6.07) is 0. The van der Waals surface area contributed by atoms with Crippen LogP contribution in [0.25, 0.3) is 0 Å². The highest BCUT2D eigenvalue weighted by atomic mass is 31.2. The summed E-state index contributed by atoms with van der Waals surface area (Å²) in [4.78, 5) is 16.8. The van der Waals surface area contributed by atoms with Crippen LogP contribution in [-0.2, 0) is 13.8 Å². The van der Waals surface area contributed by atoms with E-state index in [0.717, 1.165) is 0 Å². The van der Waals surface area contributed by atoms with Crippen molar-refractivity contribution in [1.82, 2.24) is 0 Å². The number of phosphoric acid groups is 1. The number of ether oxygens (including phenoxy) is 1. The largest absolute Gasteiger partial charge is 0.469 e. The highest BCUT2D eigenvalue weighted by Crippen LogP contribution is 2.38. The lowest BCUT2D eigenvalue weighted by atomic mass is 10.1. The second-order valence-electron chi connectivity index (χ2n) is 3.38. The molecule has 0 aliphatic carbocycles. The molecule has 1 rings (SSSR count). The molecular weight excluding hydrogens is 247 g/mol. The first-order chi connectivity index (χ1) is 7.19. The van der Waals surface area contributed by atoms with Crippen molar-refractivity contribution in [1.29, 1.82) is 0 Å². The van der Waals surface area contributed by atoms with Crippen LogP contribution in [0.15, 0.2) is 0 Å². The molecule has 4 atom stereocenters.